The largest absolute Gasteiger partial charge is 0.493 e. The smallest absolute Gasteiger partial charge is 0.282 e. The molecule has 12 heteroatoms. The Morgan fingerprint density at radius 1 is 1.00 bits per heavy atom. The van der Waals surface area contributed by atoms with E-state index in [0.29, 0.717) is 45.1 Å². The highest BCUT2D eigenvalue weighted by atomic mass is 79.9. The second-order valence-electron chi connectivity index (χ2n) is 9.57. The number of aromatic nitrogens is 2. The van der Waals surface area contributed by atoms with Crippen LogP contribution in [0.15, 0.2) is 104 Å². The van der Waals surface area contributed by atoms with E-state index in [1.807, 2.05) is 30.3 Å². The lowest BCUT2D eigenvalue weighted by atomic mass is 10.2. The van der Waals surface area contributed by atoms with Crippen molar-refractivity contribution in [2.45, 2.75) is 6.61 Å². The Balaban J connectivity index is 1.38. The third kappa shape index (κ3) is 5.62. The van der Waals surface area contributed by atoms with Gasteiger partial charge in [-0.25, -0.2) is 4.98 Å². The van der Waals surface area contributed by atoms with Gasteiger partial charge in [-0.2, -0.15) is 9.78 Å². The summed E-state index contributed by atoms with van der Waals surface area (Å²) in [6.45, 7) is 0.119. The van der Waals surface area contributed by atoms with Crippen molar-refractivity contribution in [2.75, 3.05) is 14.2 Å². The highest BCUT2D eigenvalue weighted by Gasteiger charge is 2.18. The van der Waals surface area contributed by atoms with Gasteiger partial charge >= 0.3 is 0 Å². The third-order valence-electron chi connectivity index (χ3n) is 6.79. The summed E-state index contributed by atoms with van der Waals surface area (Å²) in [5, 5.41) is 16.7. The van der Waals surface area contributed by atoms with Gasteiger partial charge in [0.2, 0.25) is 11.6 Å². The van der Waals surface area contributed by atoms with Gasteiger partial charge in [-0.05, 0) is 66.2 Å². The van der Waals surface area contributed by atoms with Crippen molar-refractivity contribution in [3.8, 4) is 28.8 Å². The number of nitro groups is 1. The molecular weight excluding hydrogens is 632 g/mol. The minimum Gasteiger partial charge on any atom is -0.493 e. The highest BCUT2D eigenvalue weighted by molar-refractivity contribution is 9.10. The molecule has 0 saturated heterocycles. The maximum atomic E-state index is 13.6. The van der Waals surface area contributed by atoms with Gasteiger partial charge in [0.25, 0.3) is 11.2 Å². The topological polar surface area (TPSA) is 131 Å². The summed E-state index contributed by atoms with van der Waals surface area (Å²) in [5.74, 6) is 1.67. The van der Waals surface area contributed by atoms with Crippen LogP contribution in [0.25, 0.3) is 33.5 Å². The highest BCUT2D eigenvalue weighted by Crippen LogP contribution is 2.39. The number of benzene rings is 4. The molecule has 0 aliphatic heterocycles. The Labute approximate surface area is 258 Å². The van der Waals surface area contributed by atoms with E-state index >= 15 is 0 Å². The number of rotatable bonds is 9. The summed E-state index contributed by atoms with van der Waals surface area (Å²) in [6, 6.07) is 23.9. The SMILES string of the molecule is COc1cc(C=Nn2c(-c3cc4cc(Br)ccc4o3)nc3ccccc3c2=O)cc(OC)c1OCc1ccc([N+](=O)[O-])cc1. The van der Waals surface area contributed by atoms with Gasteiger partial charge in [-0.1, -0.05) is 28.1 Å². The molecule has 11 nitrogen and oxygen atoms in total. The van der Waals surface area contributed by atoms with Crippen molar-refractivity contribution in [3.63, 3.8) is 0 Å². The van der Waals surface area contributed by atoms with E-state index in [9.17, 15) is 14.9 Å². The average Bonchev–Trinajstić information content (AvgIpc) is 3.46. The Hall–Kier alpha value is -5.49. The zero-order chi connectivity index (χ0) is 30.8. The molecule has 0 aliphatic carbocycles. The summed E-state index contributed by atoms with van der Waals surface area (Å²) in [7, 11) is 2.98. The van der Waals surface area contributed by atoms with E-state index in [2.05, 4.69) is 21.0 Å². The lowest BCUT2D eigenvalue weighted by molar-refractivity contribution is -0.384. The van der Waals surface area contributed by atoms with Crippen LogP contribution in [0.2, 0.25) is 0 Å². The zero-order valence-electron chi connectivity index (χ0n) is 23.4. The Morgan fingerprint density at radius 2 is 1.73 bits per heavy atom. The predicted octanol–water partition coefficient (Wildman–Crippen LogP) is 6.96. The number of furan rings is 1. The summed E-state index contributed by atoms with van der Waals surface area (Å²) >= 11 is 3.48. The van der Waals surface area contributed by atoms with Gasteiger partial charge in [-0.3, -0.25) is 14.9 Å². The zero-order valence-corrected chi connectivity index (χ0v) is 25.0. The van der Waals surface area contributed by atoms with Gasteiger partial charge < -0.3 is 18.6 Å². The normalized spacial score (nSPS) is 11.3. The third-order valence-corrected chi connectivity index (χ3v) is 7.28. The molecule has 0 N–H and O–H groups in total. The first-order valence-electron chi connectivity index (χ1n) is 13.2. The molecule has 220 valence electrons. The second-order valence-corrected chi connectivity index (χ2v) is 10.5. The monoisotopic (exact) mass is 654 g/mol. The Kier molecular flexibility index (Phi) is 7.82. The van der Waals surface area contributed by atoms with E-state index in [1.165, 1.54) is 37.2 Å². The quantitative estimate of drug-likeness (QED) is 0.0929. The van der Waals surface area contributed by atoms with Crippen LogP contribution < -0.4 is 19.8 Å². The number of fused-ring (bicyclic) bond motifs is 2. The molecular formula is C32H23BrN4O7. The molecule has 2 heterocycles. The van der Waals surface area contributed by atoms with Crippen LogP contribution in [0.1, 0.15) is 11.1 Å². The number of nitrogens with zero attached hydrogens (tertiary/aromatic N) is 4. The molecule has 0 spiro atoms. The molecule has 0 amide bonds. The second kappa shape index (κ2) is 12.0. The first-order valence-corrected chi connectivity index (χ1v) is 14.0. The van der Waals surface area contributed by atoms with Crippen LogP contribution >= 0.6 is 15.9 Å². The van der Waals surface area contributed by atoms with E-state index in [-0.39, 0.29) is 23.7 Å². The summed E-state index contributed by atoms with van der Waals surface area (Å²) in [4.78, 5) is 28.9. The van der Waals surface area contributed by atoms with Crippen molar-refractivity contribution in [3.05, 3.63) is 121 Å². The molecule has 0 atom stereocenters. The van der Waals surface area contributed by atoms with Crippen molar-refractivity contribution >= 4 is 49.7 Å². The van der Waals surface area contributed by atoms with Crippen LogP contribution in [0.5, 0.6) is 17.2 Å². The summed E-state index contributed by atoms with van der Waals surface area (Å²) < 4.78 is 25.3. The Bertz CT molecular complexity index is 2100. The molecule has 44 heavy (non-hydrogen) atoms. The minimum atomic E-state index is -0.460. The fraction of sp³-hybridized carbons (Fsp3) is 0.0938. The van der Waals surface area contributed by atoms with Gasteiger partial charge in [0, 0.05) is 27.6 Å². The first kappa shape index (κ1) is 28.6. The number of nitro benzene ring substituents is 1. The lowest BCUT2D eigenvalue weighted by Crippen LogP contribution is -2.20. The van der Waals surface area contributed by atoms with Crippen LogP contribution in [-0.2, 0) is 6.61 Å². The molecule has 0 aliphatic rings. The molecule has 6 aromatic rings. The van der Waals surface area contributed by atoms with Gasteiger partial charge in [0.15, 0.2) is 17.3 Å². The van der Waals surface area contributed by atoms with Crippen LogP contribution in [0, 0.1) is 10.1 Å². The molecule has 0 bridgehead atoms. The predicted molar refractivity (Wildman–Crippen MR) is 169 cm³/mol. The molecule has 4 aromatic carbocycles. The van der Waals surface area contributed by atoms with Crippen molar-refractivity contribution in [2.24, 2.45) is 5.10 Å². The van der Waals surface area contributed by atoms with E-state index in [0.717, 1.165) is 15.4 Å². The van der Waals surface area contributed by atoms with Gasteiger partial charge in [-0.15, -0.1) is 0 Å². The summed E-state index contributed by atoms with van der Waals surface area (Å²) in [5.41, 5.74) is 2.05. The minimum absolute atomic E-state index is 0.00942. The molecule has 0 radical (unpaired) electrons. The molecule has 0 saturated carbocycles. The van der Waals surface area contributed by atoms with Gasteiger partial charge in [0.05, 0.1) is 36.3 Å². The average molecular weight is 655 g/mol. The van der Waals surface area contributed by atoms with Crippen molar-refractivity contribution in [1.82, 2.24) is 9.66 Å². The maximum absolute atomic E-state index is 13.6. The van der Waals surface area contributed by atoms with Crippen molar-refractivity contribution in [1.29, 1.82) is 0 Å². The molecule has 6 rings (SSSR count). The number of ether oxygens (including phenoxy) is 3. The van der Waals surface area contributed by atoms with E-state index < -0.39 is 4.92 Å². The van der Waals surface area contributed by atoms with Crippen LogP contribution in [0.3, 0.4) is 0 Å². The number of hydrogen-bond donors (Lipinski definition) is 0. The first-order chi connectivity index (χ1) is 21.3. The lowest BCUT2D eigenvalue weighted by Gasteiger charge is -2.15. The standard InChI is InChI=1S/C32H23BrN4O7/c1-41-27-13-20(14-28(42-2)30(27)43-18-19-7-10-23(11-8-19)37(39)40)17-34-36-31(35-25-6-4-3-5-24(25)32(36)38)29-16-21-15-22(33)9-12-26(21)44-29/h3-17H,18H2,1-2H3. The molecule has 0 fully saturated rings. The number of methoxy groups -OCH3 is 2. The maximum Gasteiger partial charge on any atom is 0.282 e. The van der Waals surface area contributed by atoms with Crippen molar-refractivity contribution < 1.29 is 23.6 Å². The van der Waals surface area contributed by atoms with E-state index in [1.54, 1.807) is 42.5 Å². The van der Waals surface area contributed by atoms with Gasteiger partial charge in [0.1, 0.15) is 12.2 Å². The number of halogens is 1. The molecule has 2 aromatic heterocycles. The Morgan fingerprint density at radius 3 is 2.43 bits per heavy atom. The molecule has 0 unspecified atom stereocenters. The fourth-order valence-electron chi connectivity index (χ4n) is 4.63. The summed E-state index contributed by atoms with van der Waals surface area (Å²) in [6.07, 6.45) is 1.49. The number of non-ortho nitro benzene ring substituents is 1. The van der Waals surface area contributed by atoms with E-state index in [4.69, 9.17) is 23.6 Å². The number of para-hydroxylation sites is 1. The fourth-order valence-corrected chi connectivity index (χ4v) is 5.00. The van der Waals surface area contributed by atoms with Crippen LogP contribution in [-0.4, -0.2) is 35.0 Å². The van der Waals surface area contributed by atoms with Crippen LogP contribution in [0.4, 0.5) is 5.69 Å². The number of hydrogen-bond acceptors (Lipinski definition) is 9.